The number of nitriles is 1. The summed E-state index contributed by atoms with van der Waals surface area (Å²) in [4.78, 5) is 17.3. The summed E-state index contributed by atoms with van der Waals surface area (Å²) >= 11 is 3.30. The van der Waals surface area contributed by atoms with Crippen LogP contribution in [0.5, 0.6) is 0 Å². The quantitative estimate of drug-likeness (QED) is 0.295. The van der Waals surface area contributed by atoms with Gasteiger partial charge in [-0.2, -0.15) is 5.26 Å². The van der Waals surface area contributed by atoms with Crippen LogP contribution in [0.4, 0.5) is 0 Å². The lowest BCUT2D eigenvalue weighted by atomic mass is 9.87. The highest BCUT2D eigenvalue weighted by Gasteiger charge is 2.38. The van der Waals surface area contributed by atoms with E-state index < -0.39 is 17.0 Å². The number of hydrogen-bond acceptors (Lipinski definition) is 5. The molecule has 0 bridgehead atoms. The zero-order valence-corrected chi connectivity index (χ0v) is 19.0. The van der Waals surface area contributed by atoms with Crippen molar-refractivity contribution in [1.29, 1.82) is 5.26 Å². The molecular weight excluding hydrogens is 470 g/mol. The van der Waals surface area contributed by atoms with Gasteiger partial charge in [0.05, 0.1) is 24.4 Å². The summed E-state index contributed by atoms with van der Waals surface area (Å²) < 4.78 is 5.64. The van der Waals surface area contributed by atoms with Gasteiger partial charge >= 0.3 is 0 Å². The molecule has 1 aromatic heterocycles. The maximum Gasteiger partial charge on any atom is 0.262 e. The first-order valence-electron chi connectivity index (χ1n) is 10.4. The first-order valence-corrected chi connectivity index (χ1v) is 11.2. The normalized spacial score (nSPS) is 18.6. The molecule has 0 spiro atoms. The molecule has 162 valence electrons. The van der Waals surface area contributed by atoms with Crippen molar-refractivity contribution in [2.75, 3.05) is 13.2 Å². The lowest BCUT2D eigenvalue weighted by Crippen LogP contribution is -2.48. The van der Waals surface area contributed by atoms with Gasteiger partial charge in [-0.25, -0.2) is 4.98 Å². The molecule has 1 aromatic carbocycles. The first kappa shape index (κ1) is 22.2. The van der Waals surface area contributed by atoms with Gasteiger partial charge in [0.15, 0.2) is 5.60 Å². The molecule has 2 aromatic rings. The average molecular weight is 492 g/mol. The Morgan fingerprint density at radius 2 is 1.91 bits per heavy atom. The van der Waals surface area contributed by atoms with Crippen molar-refractivity contribution in [3.05, 3.63) is 69.5 Å². The van der Waals surface area contributed by atoms with E-state index in [1.54, 1.807) is 18.2 Å². The number of aliphatic hydroxyl groups is 1. The third-order valence-electron chi connectivity index (χ3n) is 5.76. The van der Waals surface area contributed by atoms with Crippen molar-refractivity contribution in [2.45, 2.75) is 36.8 Å². The molecule has 1 aliphatic heterocycles. The van der Waals surface area contributed by atoms with Gasteiger partial charge in [0.2, 0.25) is 0 Å². The minimum atomic E-state index is -1.05. The Balaban J connectivity index is 1.54. The second-order valence-corrected chi connectivity index (χ2v) is 8.96. The van der Waals surface area contributed by atoms with Crippen LogP contribution in [0, 0.1) is 23.2 Å². The van der Waals surface area contributed by atoms with Crippen LogP contribution in [-0.2, 0) is 15.1 Å². The molecule has 2 aliphatic rings. The summed E-state index contributed by atoms with van der Waals surface area (Å²) in [5.74, 6) is 5.43. The third kappa shape index (κ3) is 4.92. The molecule has 2 N–H and O–H groups in total. The Morgan fingerprint density at radius 1 is 1.19 bits per heavy atom. The number of rotatable bonds is 4. The Bertz CT molecular complexity index is 1150. The second kappa shape index (κ2) is 9.26. The Hall–Kier alpha value is -2.97. The van der Waals surface area contributed by atoms with Crippen molar-refractivity contribution < 1.29 is 14.6 Å². The fraction of sp³-hybridized carbons (Fsp3) is 0.320. The first-order chi connectivity index (χ1) is 15.4. The molecule has 6 nitrogen and oxygen atoms in total. The number of nitrogens with one attached hydrogen (secondary N) is 1. The Labute approximate surface area is 195 Å². The number of nitrogens with zero attached hydrogens (tertiary/aromatic N) is 2. The lowest BCUT2D eigenvalue weighted by molar-refractivity contribution is -0.140. The molecule has 4 rings (SSSR count). The molecule has 2 fully saturated rings. The predicted octanol–water partition coefficient (Wildman–Crippen LogP) is 3.45. The van der Waals surface area contributed by atoms with E-state index in [0.717, 1.165) is 36.8 Å². The molecule has 1 amide bonds. The van der Waals surface area contributed by atoms with Crippen LogP contribution in [-0.4, -0.2) is 34.8 Å². The molecule has 1 saturated carbocycles. The van der Waals surface area contributed by atoms with Crippen LogP contribution in [0.2, 0.25) is 0 Å². The largest absolute Gasteiger partial charge is 0.373 e. The molecule has 32 heavy (non-hydrogen) atoms. The second-order valence-electron chi connectivity index (χ2n) is 8.15. The molecule has 1 saturated heterocycles. The van der Waals surface area contributed by atoms with E-state index in [1.165, 1.54) is 6.08 Å². The number of ether oxygens (including phenoxy) is 1. The van der Waals surface area contributed by atoms with Gasteiger partial charge in [-0.15, -0.1) is 0 Å². The van der Waals surface area contributed by atoms with Crippen molar-refractivity contribution in [3.63, 3.8) is 0 Å². The Morgan fingerprint density at radius 3 is 2.50 bits per heavy atom. The van der Waals surface area contributed by atoms with Gasteiger partial charge in [-0.3, -0.25) is 4.79 Å². The van der Waals surface area contributed by atoms with Crippen molar-refractivity contribution >= 4 is 27.9 Å². The van der Waals surface area contributed by atoms with Crippen LogP contribution in [0.25, 0.3) is 6.08 Å². The summed E-state index contributed by atoms with van der Waals surface area (Å²) in [5.41, 5.74) is 0.740. The summed E-state index contributed by atoms with van der Waals surface area (Å²) in [7, 11) is 0. The van der Waals surface area contributed by atoms with E-state index in [0.29, 0.717) is 10.3 Å². The zero-order chi connectivity index (χ0) is 22.6. The van der Waals surface area contributed by atoms with Crippen LogP contribution < -0.4 is 5.32 Å². The van der Waals surface area contributed by atoms with Crippen LogP contribution in [0.1, 0.15) is 42.5 Å². The number of hydrogen-bond donors (Lipinski definition) is 2. The minimum absolute atomic E-state index is 0.0142. The maximum absolute atomic E-state index is 13.0. The van der Waals surface area contributed by atoms with Gasteiger partial charge in [0.25, 0.3) is 5.91 Å². The summed E-state index contributed by atoms with van der Waals surface area (Å²) in [6, 6.07) is 15.0. The Kier molecular flexibility index (Phi) is 6.43. The summed E-state index contributed by atoms with van der Waals surface area (Å²) in [6.45, 7) is 0.467. The van der Waals surface area contributed by atoms with Crippen LogP contribution in [0.15, 0.2) is 52.6 Å². The van der Waals surface area contributed by atoms with Gasteiger partial charge in [0, 0.05) is 5.56 Å². The molecule has 0 atom stereocenters. The topological polar surface area (TPSA) is 95.2 Å². The molecule has 0 radical (unpaired) electrons. The van der Waals surface area contributed by atoms with Gasteiger partial charge in [-0.05, 0) is 64.7 Å². The SMILES string of the molecule is N#C/C(=C\c1cccc(Br)n1)C(=O)NC1(c2ccc(C#CC3(O)COC3)cc2)CCCC1. The summed E-state index contributed by atoms with van der Waals surface area (Å²) in [6.07, 6.45) is 5.08. The van der Waals surface area contributed by atoms with Crippen LogP contribution in [0.3, 0.4) is 0 Å². The van der Waals surface area contributed by atoms with E-state index >= 15 is 0 Å². The van der Waals surface area contributed by atoms with Crippen LogP contribution >= 0.6 is 15.9 Å². The van der Waals surface area contributed by atoms with Crippen molar-refractivity contribution in [1.82, 2.24) is 10.3 Å². The fourth-order valence-corrected chi connectivity index (χ4v) is 4.34. The third-order valence-corrected chi connectivity index (χ3v) is 6.20. The number of carbonyl (C=O) groups excluding carboxylic acids is 1. The predicted molar refractivity (Wildman–Crippen MR) is 123 cm³/mol. The number of aromatic nitrogens is 1. The van der Waals surface area contributed by atoms with Gasteiger partial charge in [-0.1, -0.05) is 42.9 Å². The summed E-state index contributed by atoms with van der Waals surface area (Å²) in [5, 5.41) is 22.8. The lowest BCUT2D eigenvalue weighted by Gasteiger charge is -2.31. The van der Waals surface area contributed by atoms with E-state index in [9.17, 15) is 15.2 Å². The molecular formula is C25H22BrN3O3. The number of halogens is 1. The van der Waals surface area contributed by atoms with Gasteiger partial charge in [0.1, 0.15) is 16.2 Å². The minimum Gasteiger partial charge on any atom is -0.373 e. The van der Waals surface area contributed by atoms with Crippen molar-refractivity contribution in [3.8, 4) is 17.9 Å². The van der Waals surface area contributed by atoms with E-state index in [4.69, 9.17) is 4.74 Å². The number of benzene rings is 1. The van der Waals surface area contributed by atoms with E-state index in [1.807, 2.05) is 30.3 Å². The smallest absolute Gasteiger partial charge is 0.262 e. The average Bonchev–Trinajstić information content (AvgIpc) is 3.24. The number of pyridine rings is 1. The highest BCUT2D eigenvalue weighted by Crippen LogP contribution is 2.39. The molecule has 7 heteroatoms. The van der Waals surface area contributed by atoms with Crippen molar-refractivity contribution in [2.24, 2.45) is 0 Å². The zero-order valence-electron chi connectivity index (χ0n) is 17.4. The highest BCUT2D eigenvalue weighted by atomic mass is 79.9. The maximum atomic E-state index is 13.0. The van der Waals surface area contributed by atoms with E-state index in [-0.39, 0.29) is 18.8 Å². The highest BCUT2D eigenvalue weighted by molar-refractivity contribution is 9.10. The standard InChI is InChI=1S/C25H22BrN3O3/c26-22-5-3-4-21(28-22)14-19(15-27)23(30)29-25(11-1-2-12-25)20-8-6-18(7-9-20)10-13-24(31)16-32-17-24/h3-9,14,31H,1-2,11-12,16-17H2,(H,29,30)/b19-14+. The number of carbonyl (C=O) groups is 1. The number of amides is 1. The molecule has 0 unspecified atom stereocenters. The van der Waals surface area contributed by atoms with E-state index in [2.05, 4.69) is 38.1 Å². The monoisotopic (exact) mass is 491 g/mol. The fourth-order valence-electron chi connectivity index (χ4n) is 3.98. The van der Waals surface area contributed by atoms with Gasteiger partial charge < -0.3 is 15.2 Å². The molecule has 2 heterocycles. The molecule has 1 aliphatic carbocycles.